The molecule has 1 aliphatic heterocycles. The number of aliphatic imine (C=N–C) groups is 1. The van der Waals surface area contributed by atoms with Crippen molar-refractivity contribution < 1.29 is 0 Å². The maximum absolute atomic E-state index is 4.47. The Morgan fingerprint density at radius 2 is 1.54 bits per heavy atom. The van der Waals surface area contributed by atoms with Crippen LogP contribution in [-0.2, 0) is 12.8 Å². The Morgan fingerprint density at radius 3 is 2.00 bits per heavy atom. The second-order valence-corrected chi connectivity index (χ2v) is 9.41. The fourth-order valence-electron chi connectivity index (χ4n) is 3.72. The largest absolute Gasteiger partial charge is 0.266 e. The van der Waals surface area contributed by atoms with Gasteiger partial charge < -0.3 is 0 Å². The van der Waals surface area contributed by atoms with Gasteiger partial charge in [-0.05, 0) is 78.4 Å². The van der Waals surface area contributed by atoms with Crippen molar-refractivity contribution in [1.82, 2.24) is 0 Å². The molecule has 0 radical (unpaired) electrons. The molecule has 3 rings (SSSR count). The Morgan fingerprint density at radius 1 is 0.919 bits per heavy atom. The molecule has 0 spiro atoms. The van der Waals surface area contributed by atoms with Crippen LogP contribution in [0.25, 0.3) is 0 Å². The second-order valence-electron chi connectivity index (χ2n) is 9.41. The van der Waals surface area contributed by atoms with Crippen molar-refractivity contribution in [1.29, 1.82) is 0 Å². The third kappa shape index (κ3) is 14.7. The average Bonchev–Trinajstić information content (AvgIpc) is 3.44. The van der Waals surface area contributed by atoms with Gasteiger partial charge in [-0.25, -0.2) is 0 Å². The van der Waals surface area contributed by atoms with Gasteiger partial charge in [0.1, 0.15) is 0 Å². The molecular weight excluding hydrogens is 450 g/mol. The summed E-state index contributed by atoms with van der Waals surface area (Å²) in [5.41, 5.74) is 7.84. The highest BCUT2D eigenvalue weighted by atomic mass is 15.2. The Bertz CT molecular complexity index is 1040. The minimum atomic E-state index is 0.463. The second kappa shape index (κ2) is 19.8. The topological polar surface area (TPSA) is 37.1 Å². The smallest absolute Gasteiger partial charge is 0.0491 e. The standard InChI is InChI=1S/C21H29N3.C7H8.C6H10/c1-5-22-20(16(2)3)8-6-7-18-9-11-19(12-10-18)15-17(4)21-13-14-23-24-21;1-7-5-3-2-4-6-7;1-3-5-6-4-2/h5,9-12,14,17H,6-8,13,15H2,1-4H3;2-6H,1H3;3-6H,1-2H3/b;;5-3-,6-4-. The summed E-state index contributed by atoms with van der Waals surface area (Å²) in [4.78, 5) is 4.47. The van der Waals surface area contributed by atoms with Crippen LogP contribution in [0.3, 0.4) is 0 Å². The third-order valence-electron chi connectivity index (χ3n) is 5.88. The Hall–Kier alpha value is -3.33. The average molecular weight is 498 g/mol. The van der Waals surface area contributed by atoms with Gasteiger partial charge >= 0.3 is 0 Å². The highest BCUT2D eigenvalue weighted by Crippen LogP contribution is 2.18. The number of rotatable bonds is 9. The van der Waals surface area contributed by atoms with Gasteiger partial charge in [-0.15, -0.1) is 0 Å². The van der Waals surface area contributed by atoms with Crippen LogP contribution >= 0.6 is 0 Å². The van der Waals surface area contributed by atoms with Crippen LogP contribution < -0.4 is 0 Å². The van der Waals surface area contributed by atoms with Gasteiger partial charge in [0, 0.05) is 36.2 Å². The van der Waals surface area contributed by atoms with Crippen LogP contribution in [-0.4, -0.2) is 18.1 Å². The molecule has 37 heavy (non-hydrogen) atoms. The van der Waals surface area contributed by atoms with E-state index in [0.29, 0.717) is 5.92 Å². The molecule has 3 nitrogen and oxygen atoms in total. The summed E-state index contributed by atoms with van der Waals surface area (Å²) < 4.78 is 0. The zero-order chi connectivity index (χ0) is 27.3. The highest BCUT2D eigenvalue weighted by molar-refractivity contribution is 5.99. The minimum absolute atomic E-state index is 0.463. The minimum Gasteiger partial charge on any atom is -0.266 e. The summed E-state index contributed by atoms with van der Waals surface area (Å²) >= 11 is 0. The van der Waals surface area contributed by atoms with E-state index in [1.54, 1.807) is 0 Å². The Balaban J connectivity index is 0.000000429. The number of hydrogen-bond donors (Lipinski definition) is 0. The lowest BCUT2D eigenvalue weighted by Gasteiger charge is -2.11. The summed E-state index contributed by atoms with van der Waals surface area (Å²) in [7, 11) is 0. The summed E-state index contributed by atoms with van der Waals surface area (Å²) in [5.74, 6) is 0.463. The van der Waals surface area contributed by atoms with Gasteiger partial charge in [0.25, 0.3) is 0 Å². The molecule has 0 N–H and O–H groups in total. The van der Waals surface area contributed by atoms with Crippen LogP contribution in [0.4, 0.5) is 0 Å². The third-order valence-corrected chi connectivity index (χ3v) is 5.88. The molecule has 0 aliphatic carbocycles. The number of benzene rings is 2. The first-order chi connectivity index (χ1) is 17.9. The predicted molar refractivity (Wildman–Crippen MR) is 166 cm³/mol. The van der Waals surface area contributed by atoms with Crippen molar-refractivity contribution in [2.24, 2.45) is 21.1 Å². The summed E-state index contributed by atoms with van der Waals surface area (Å²) in [6, 6.07) is 19.3. The predicted octanol–water partition coefficient (Wildman–Crippen LogP) is 9.54. The van der Waals surface area contributed by atoms with Crippen molar-refractivity contribution in [3.63, 3.8) is 0 Å². The Kier molecular flexibility index (Phi) is 17.0. The molecule has 1 atom stereocenters. The fraction of sp³-hybridized carbons (Fsp3) is 0.382. The molecule has 1 unspecified atom stereocenters. The van der Waals surface area contributed by atoms with E-state index in [4.69, 9.17) is 0 Å². The lowest BCUT2D eigenvalue weighted by Crippen LogP contribution is -2.12. The van der Waals surface area contributed by atoms with Crippen LogP contribution in [0.5, 0.6) is 0 Å². The summed E-state index contributed by atoms with van der Waals surface area (Å²) in [6.45, 7) is 14.6. The Labute approximate surface area is 226 Å². The van der Waals surface area contributed by atoms with E-state index in [2.05, 4.69) is 79.3 Å². The van der Waals surface area contributed by atoms with E-state index < -0.39 is 0 Å². The van der Waals surface area contributed by atoms with E-state index in [9.17, 15) is 0 Å². The number of hydrogen-bond acceptors (Lipinski definition) is 3. The summed E-state index contributed by atoms with van der Waals surface area (Å²) in [5, 5.41) is 8.17. The molecule has 2 aromatic rings. The lowest BCUT2D eigenvalue weighted by atomic mass is 9.94. The van der Waals surface area contributed by atoms with E-state index in [0.717, 1.165) is 32.1 Å². The normalized spacial score (nSPS) is 13.2. The van der Waals surface area contributed by atoms with E-state index in [-0.39, 0.29) is 0 Å². The lowest BCUT2D eigenvalue weighted by molar-refractivity contribution is 0.756. The van der Waals surface area contributed by atoms with Crippen molar-refractivity contribution in [2.45, 2.75) is 80.6 Å². The van der Waals surface area contributed by atoms with Gasteiger partial charge in [0.15, 0.2) is 0 Å². The molecule has 1 heterocycles. The van der Waals surface area contributed by atoms with E-state index in [1.165, 1.54) is 33.7 Å². The van der Waals surface area contributed by atoms with Crippen LogP contribution in [0.15, 0.2) is 105 Å². The monoisotopic (exact) mass is 497 g/mol. The van der Waals surface area contributed by atoms with Gasteiger partial charge in [-0.1, -0.05) is 97.0 Å². The van der Waals surface area contributed by atoms with Gasteiger partial charge in [0.05, 0.1) is 0 Å². The van der Waals surface area contributed by atoms with E-state index in [1.807, 2.05) is 75.7 Å². The van der Waals surface area contributed by atoms with Gasteiger partial charge in [-0.3, -0.25) is 4.99 Å². The van der Waals surface area contributed by atoms with Gasteiger partial charge in [-0.2, -0.15) is 10.2 Å². The first-order valence-electron chi connectivity index (χ1n) is 13.5. The highest BCUT2D eigenvalue weighted by Gasteiger charge is 2.13. The van der Waals surface area contributed by atoms with Crippen molar-refractivity contribution >= 4 is 18.1 Å². The molecule has 198 valence electrons. The molecule has 0 amide bonds. The molecule has 3 heteroatoms. The first-order valence-corrected chi connectivity index (χ1v) is 13.5. The van der Waals surface area contributed by atoms with Gasteiger partial charge in [0.2, 0.25) is 0 Å². The molecule has 1 aliphatic rings. The van der Waals surface area contributed by atoms with Crippen molar-refractivity contribution in [3.8, 4) is 0 Å². The summed E-state index contributed by atoms with van der Waals surface area (Å²) in [6.07, 6.45) is 17.0. The molecule has 0 bridgehead atoms. The van der Waals surface area contributed by atoms with Crippen LogP contribution in [0.1, 0.15) is 77.5 Å². The van der Waals surface area contributed by atoms with Crippen LogP contribution in [0.2, 0.25) is 0 Å². The van der Waals surface area contributed by atoms with Crippen molar-refractivity contribution in [3.05, 3.63) is 107 Å². The first kappa shape index (κ1) is 31.7. The molecule has 0 saturated heterocycles. The fourth-order valence-corrected chi connectivity index (χ4v) is 3.72. The molecular formula is C34H47N3. The molecule has 0 saturated carbocycles. The number of allylic oxidation sites excluding steroid dienone is 6. The van der Waals surface area contributed by atoms with Crippen LogP contribution in [0, 0.1) is 12.8 Å². The van der Waals surface area contributed by atoms with Crippen molar-refractivity contribution in [2.75, 3.05) is 0 Å². The molecule has 0 fully saturated rings. The quantitative estimate of drug-likeness (QED) is 0.244. The maximum atomic E-state index is 4.47. The zero-order valence-electron chi connectivity index (χ0n) is 24.1. The SMILES string of the molecule is C/C=C\C=C/C.CC=NC(CCCc1ccc(CC(C)C2=NN=CC2)cc1)=C(C)C.Cc1ccccc1. The van der Waals surface area contributed by atoms with E-state index >= 15 is 0 Å². The number of nitrogens with zero attached hydrogens (tertiary/aromatic N) is 3. The molecule has 0 aromatic heterocycles. The number of aryl methyl sites for hydroxylation is 2. The zero-order valence-corrected chi connectivity index (χ0v) is 24.1. The maximum Gasteiger partial charge on any atom is 0.0491 e. The molecule has 2 aromatic carbocycles.